The van der Waals surface area contributed by atoms with Crippen LogP contribution in [0.4, 0.5) is 5.69 Å². The summed E-state index contributed by atoms with van der Waals surface area (Å²) in [5.41, 5.74) is 0.497. The Bertz CT molecular complexity index is 884. The molecule has 1 aliphatic heterocycles. The highest BCUT2D eigenvalue weighted by atomic mass is 16.5. The molecule has 0 saturated carbocycles. The van der Waals surface area contributed by atoms with Crippen molar-refractivity contribution < 1.29 is 14.3 Å². The van der Waals surface area contributed by atoms with Gasteiger partial charge >= 0.3 is 0 Å². The predicted octanol–water partition coefficient (Wildman–Crippen LogP) is 1.15. The van der Waals surface area contributed by atoms with Crippen LogP contribution in [0.3, 0.4) is 0 Å². The van der Waals surface area contributed by atoms with Crippen molar-refractivity contribution in [3.63, 3.8) is 0 Å². The molecule has 0 radical (unpaired) electrons. The molecule has 2 amide bonds. The van der Waals surface area contributed by atoms with E-state index in [2.05, 4.69) is 10.3 Å². The van der Waals surface area contributed by atoms with Crippen molar-refractivity contribution in [3.8, 4) is 0 Å². The van der Waals surface area contributed by atoms with Crippen LogP contribution in [0.15, 0.2) is 29.3 Å². The number of aromatic nitrogens is 2. The van der Waals surface area contributed by atoms with Gasteiger partial charge in [0, 0.05) is 25.7 Å². The molecule has 1 N–H and O–H groups in total. The number of hydrogen-bond donors (Lipinski definition) is 1. The molecule has 138 valence electrons. The van der Waals surface area contributed by atoms with E-state index in [1.165, 1.54) is 16.8 Å². The van der Waals surface area contributed by atoms with Gasteiger partial charge in [-0.05, 0) is 18.1 Å². The first kappa shape index (κ1) is 18.1. The molecule has 0 unspecified atom stereocenters. The fourth-order valence-corrected chi connectivity index (χ4v) is 2.81. The van der Waals surface area contributed by atoms with Gasteiger partial charge in [0.1, 0.15) is 11.3 Å². The quantitative estimate of drug-likeness (QED) is 0.885. The smallest absolute Gasteiger partial charge is 0.281 e. The number of nitrogens with zero attached hydrogens (tertiary/aromatic N) is 3. The van der Waals surface area contributed by atoms with Gasteiger partial charge in [-0.2, -0.15) is 0 Å². The minimum Gasteiger partial charge on any atom is -0.378 e. The van der Waals surface area contributed by atoms with Gasteiger partial charge in [-0.3, -0.25) is 18.8 Å². The number of pyridine rings is 1. The SMILES string of the molecule is CC(C)CC(=O)Nc1cnc2ccc(C(=O)N3CCOCC3)cn2c1=O. The van der Waals surface area contributed by atoms with Crippen molar-refractivity contribution >= 4 is 23.1 Å². The number of rotatable bonds is 4. The monoisotopic (exact) mass is 358 g/mol. The minimum atomic E-state index is -0.413. The molecular weight excluding hydrogens is 336 g/mol. The summed E-state index contributed by atoms with van der Waals surface area (Å²) in [7, 11) is 0. The summed E-state index contributed by atoms with van der Waals surface area (Å²) in [5, 5.41) is 2.60. The fourth-order valence-electron chi connectivity index (χ4n) is 2.81. The summed E-state index contributed by atoms with van der Waals surface area (Å²) >= 11 is 0. The highest BCUT2D eigenvalue weighted by Crippen LogP contribution is 2.10. The zero-order chi connectivity index (χ0) is 18.7. The van der Waals surface area contributed by atoms with Crippen LogP contribution < -0.4 is 10.9 Å². The lowest BCUT2D eigenvalue weighted by atomic mass is 10.1. The zero-order valence-electron chi connectivity index (χ0n) is 14.9. The lowest BCUT2D eigenvalue weighted by Gasteiger charge is -2.26. The number of ether oxygens (including phenoxy) is 1. The molecule has 26 heavy (non-hydrogen) atoms. The molecular formula is C18H22N4O4. The average Bonchev–Trinajstić information content (AvgIpc) is 2.63. The van der Waals surface area contributed by atoms with E-state index < -0.39 is 5.56 Å². The summed E-state index contributed by atoms with van der Waals surface area (Å²) < 4.78 is 6.55. The second kappa shape index (κ2) is 7.65. The van der Waals surface area contributed by atoms with E-state index in [1.807, 2.05) is 13.8 Å². The Morgan fingerprint density at radius 1 is 1.27 bits per heavy atom. The Hall–Kier alpha value is -2.74. The number of carbonyl (C=O) groups excluding carboxylic acids is 2. The highest BCUT2D eigenvalue weighted by molar-refractivity contribution is 5.94. The molecule has 1 saturated heterocycles. The number of hydrogen-bond acceptors (Lipinski definition) is 5. The Labute approximate surface area is 150 Å². The molecule has 2 aromatic heterocycles. The number of morpholine rings is 1. The van der Waals surface area contributed by atoms with E-state index in [1.54, 1.807) is 17.0 Å². The van der Waals surface area contributed by atoms with Crippen LogP contribution in [-0.4, -0.2) is 52.4 Å². The Balaban J connectivity index is 1.90. The normalized spacial score (nSPS) is 14.7. The van der Waals surface area contributed by atoms with Gasteiger partial charge in [-0.25, -0.2) is 4.98 Å². The molecule has 0 aromatic carbocycles. The van der Waals surface area contributed by atoms with Gasteiger partial charge in [0.05, 0.1) is 25.0 Å². The van der Waals surface area contributed by atoms with Gasteiger partial charge in [-0.1, -0.05) is 13.8 Å². The number of carbonyl (C=O) groups is 2. The van der Waals surface area contributed by atoms with Gasteiger partial charge in [-0.15, -0.1) is 0 Å². The van der Waals surface area contributed by atoms with Crippen LogP contribution in [0.2, 0.25) is 0 Å². The number of nitrogens with one attached hydrogen (secondary N) is 1. The van der Waals surface area contributed by atoms with Gasteiger partial charge in [0.15, 0.2) is 0 Å². The van der Waals surface area contributed by atoms with Gasteiger partial charge < -0.3 is 15.0 Å². The third-order valence-electron chi connectivity index (χ3n) is 4.12. The molecule has 8 heteroatoms. The second-order valence-electron chi connectivity index (χ2n) is 6.67. The van der Waals surface area contributed by atoms with Crippen molar-refractivity contribution in [1.29, 1.82) is 0 Å². The maximum absolute atomic E-state index is 12.7. The van der Waals surface area contributed by atoms with Crippen LogP contribution in [0.5, 0.6) is 0 Å². The first-order valence-corrected chi connectivity index (χ1v) is 8.64. The number of anilines is 1. The highest BCUT2D eigenvalue weighted by Gasteiger charge is 2.19. The van der Waals surface area contributed by atoms with Crippen molar-refractivity contribution in [2.45, 2.75) is 20.3 Å². The first-order chi connectivity index (χ1) is 12.5. The zero-order valence-corrected chi connectivity index (χ0v) is 14.9. The first-order valence-electron chi connectivity index (χ1n) is 8.64. The molecule has 0 bridgehead atoms. The summed E-state index contributed by atoms with van der Waals surface area (Å²) in [5.74, 6) is -0.209. The fraction of sp³-hybridized carbons (Fsp3) is 0.444. The summed E-state index contributed by atoms with van der Waals surface area (Å²) in [6, 6.07) is 3.27. The molecule has 0 aliphatic carbocycles. The minimum absolute atomic E-state index is 0.101. The topological polar surface area (TPSA) is 93.0 Å². The van der Waals surface area contributed by atoms with Crippen molar-refractivity contribution in [1.82, 2.24) is 14.3 Å². The lowest BCUT2D eigenvalue weighted by Crippen LogP contribution is -2.40. The summed E-state index contributed by atoms with van der Waals surface area (Å²) in [4.78, 5) is 43.1. The lowest BCUT2D eigenvalue weighted by molar-refractivity contribution is -0.116. The van der Waals surface area contributed by atoms with Gasteiger partial charge in [0.2, 0.25) is 5.91 Å². The van der Waals surface area contributed by atoms with E-state index in [4.69, 9.17) is 4.74 Å². The molecule has 8 nitrogen and oxygen atoms in total. The Morgan fingerprint density at radius 3 is 2.69 bits per heavy atom. The standard InChI is InChI=1S/C18H22N4O4/c1-12(2)9-16(23)20-14-10-19-15-4-3-13(11-22(15)18(14)25)17(24)21-5-7-26-8-6-21/h3-4,10-12H,5-9H2,1-2H3,(H,20,23). The van der Waals surface area contributed by atoms with Crippen LogP contribution in [0, 0.1) is 5.92 Å². The summed E-state index contributed by atoms with van der Waals surface area (Å²) in [6.07, 6.45) is 3.14. The van der Waals surface area contributed by atoms with Crippen LogP contribution in [0.25, 0.3) is 5.65 Å². The van der Waals surface area contributed by atoms with Crippen molar-refractivity contribution in [2.24, 2.45) is 5.92 Å². The third kappa shape index (κ3) is 3.91. The second-order valence-corrected chi connectivity index (χ2v) is 6.67. The summed E-state index contributed by atoms with van der Waals surface area (Å²) in [6.45, 7) is 5.91. The van der Waals surface area contributed by atoms with Crippen LogP contribution in [-0.2, 0) is 9.53 Å². The van der Waals surface area contributed by atoms with E-state index in [0.29, 0.717) is 43.9 Å². The largest absolute Gasteiger partial charge is 0.378 e. The molecule has 0 spiro atoms. The van der Waals surface area contributed by atoms with Crippen molar-refractivity contribution in [3.05, 3.63) is 40.4 Å². The van der Waals surface area contributed by atoms with Crippen LogP contribution >= 0.6 is 0 Å². The predicted molar refractivity (Wildman–Crippen MR) is 96.3 cm³/mol. The maximum atomic E-state index is 12.7. The van der Waals surface area contributed by atoms with E-state index in [0.717, 1.165) is 0 Å². The van der Waals surface area contributed by atoms with Crippen LogP contribution in [0.1, 0.15) is 30.6 Å². The molecule has 3 heterocycles. The molecule has 0 atom stereocenters. The van der Waals surface area contributed by atoms with E-state index in [-0.39, 0.29) is 23.4 Å². The Morgan fingerprint density at radius 2 is 2.00 bits per heavy atom. The average molecular weight is 358 g/mol. The molecule has 1 aliphatic rings. The number of amides is 2. The van der Waals surface area contributed by atoms with Gasteiger partial charge in [0.25, 0.3) is 11.5 Å². The molecule has 2 aromatic rings. The third-order valence-corrected chi connectivity index (χ3v) is 4.12. The Kier molecular flexibility index (Phi) is 5.32. The van der Waals surface area contributed by atoms with Crippen molar-refractivity contribution in [2.75, 3.05) is 31.6 Å². The number of fused-ring (bicyclic) bond motifs is 1. The van der Waals surface area contributed by atoms with E-state index in [9.17, 15) is 14.4 Å². The maximum Gasteiger partial charge on any atom is 0.281 e. The molecule has 1 fully saturated rings. The molecule has 3 rings (SSSR count). The van der Waals surface area contributed by atoms with E-state index >= 15 is 0 Å².